The van der Waals surface area contributed by atoms with Crippen molar-refractivity contribution in [3.8, 4) is 5.75 Å². The van der Waals surface area contributed by atoms with Gasteiger partial charge in [0, 0.05) is 24.5 Å². The van der Waals surface area contributed by atoms with Crippen molar-refractivity contribution in [3.63, 3.8) is 0 Å². The number of Topliss-reactive ketones (excluding diaryl/α,β-unsaturated/α-hetero) is 1. The Morgan fingerprint density at radius 3 is 2.38 bits per heavy atom. The van der Waals surface area contributed by atoms with Crippen LogP contribution in [0, 0.1) is 33.8 Å². The molecule has 4 aliphatic rings. The van der Waals surface area contributed by atoms with E-state index in [0.717, 1.165) is 24.0 Å². The number of hydrogen-bond donors (Lipinski definition) is 0. The molecule has 6 atom stereocenters. The Morgan fingerprint density at radius 1 is 1.12 bits per heavy atom. The monoisotopic (exact) mass is 447 g/mol. The Kier molecular flexibility index (Phi) is 6.18. The summed E-state index contributed by atoms with van der Waals surface area (Å²) in [5, 5.41) is 1.27. The van der Waals surface area contributed by atoms with E-state index in [9.17, 15) is 9.59 Å². The van der Waals surface area contributed by atoms with Crippen LogP contribution in [0.4, 0.5) is 0 Å². The molecule has 0 spiro atoms. The predicted molar refractivity (Wildman–Crippen MR) is 126 cm³/mol. The number of rotatable bonds is 4. The third kappa shape index (κ3) is 3.52. The maximum atomic E-state index is 13.4. The maximum Gasteiger partial charge on any atom is 1.00 e. The zero-order chi connectivity index (χ0) is 22.2. The number of carbonyl (C=O) groups excluding carboxylic acids is 2. The Labute approximate surface area is 208 Å². The summed E-state index contributed by atoms with van der Waals surface area (Å²) in [6.45, 7) is 10.4. The molecule has 1 aliphatic heterocycles. The number of fused-ring (bicyclic) bond motifs is 4. The number of esters is 1. The first-order valence-corrected chi connectivity index (χ1v) is 13.4. The minimum Gasteiger partial charge on any atom is -0.428 e. The van der Waals surface area contributed by atoms with E-state index in [1.165, 1.54) is 31.2 Å². The largest absolute Gasteiger partial charge is 1.00 e. The molecule has 3 saturated carbocycles. The van der Waals surface area contributed by atoms with Crippen LogP contribution in [0.1, 0.15) is 78.7 Å². The third-order valence-electron chi connectivity index (χ3n) is 8.98. The molecular formula is C27H36LiO3S+. The van der Waals surface area contributed by atoms with Gasteiger partial charge in [-0.15, -0.1) is 5.56 Å². The zero-order valence-electron chi connectivity index (χ0n) is 20.6. The molecule has 3 nitrogen and oxygen atoms in total. The summed E-state index contributed by atoms with van der Waals surface area (Å²) in [6.07, 6.45) is 7.08. The van der Waals surface area contributed by atoms with Gasteiger partial charge in [-0.25, -0.2) is 0 Å². The standard InChI is InChI=1S/C27H36O3S.Li/c1-25(2,3)24(29)30-20-9-6-17(7-10-20)16-31-21-11-8-18(14-21)23(31)27-13-12-19(15-22(27)28)26(27,4)5;/h6-7,9-10,16,18-19,21,23H,8,11-15H2,1-5H3;/q;+1/t18?,19-,21?,23?,27+,31?;/m0./s1. The van der Waals surface area contributed by atoms with Gasteiger partial charge in [0.1, 0.15) is 22.0 Å². The molecule has 1 heterocycles. The normalized spacial score (nSPS) is 36.8. The summed E-state index contributed by atoms with van der Waals surface area (Å²) in [7, 11) is 0.141. The quantitative estimate of drug-likeness (QED) is 0.234. The number of benzene rings is 1. The van der Waals surface area contributed by atoms with E-state index in [0.29, 0.717) is 22.7 Å². The average molecular weight is 448 g/mol. The summed E-state index contributed by atoms with van der Waals surface area (Å²) in [4.78, 5) is 25.6. The van der Waals surface area contributed by atoms with Crippen molar-refractivity contribution in [1.29, 1.82) is 0 Å². The second-order valence-corrected chi connectivity index (χ2v) is 14.1. The van der Waals surface area contributed by atoms with Crippen LogP contribution in [0.3, 0.4) is 0 Å². The molecule has 0 aromatic heterocycles. The first-order chi connectivity index (χ1) is 14.5. The van der Waals surface area contributed by atoms with Gasteiger partial charge in [-0.2, -0.15) is 12.1 Å². The van der Waals surface area contributed by atoms with E-state index in [4.69, 9.17) is 4.74 Å². The van der Waals surface area contributed by atoms with Gasteiger partial charge in [0.2, 0.25) is 0 Å². The molecule has 168 valence electrons. The van der Waals surface area contributed by atoms with Gasteiger partial charge in [0.25, 0.3) is 0 Å². The summed E-state index contributed by atoms with van der Waals surface area (Å²) in [5.74, 6) is 4.75. The molecule has 1 aromatic rings. The van der Waals surface area contributed by atoms with Crippen LogP contribution in [-0.2, 0) is 20.5 Å². The van der Waals surface area contributed by atoms with Crippen molar-refractivity contribution in [2.45, 2.75) is 83.6 Å². The van der Waals surface area contributed by atoms with Crippen LogP contribution in [0.2, 0.25) is 0 Å². The van der Waals surface area contributed by atoms with Crippen LogP contribution in [0.25, 0.3) is 0 Å². The van der Waals surface area contributed by atoms with Crippen molar-refractivity contribution >= 4 is 22.6 Å². The van der Waals surface area contributed by atoms with Gasteiger partial charge in [0.15, 0.2) is 0 Å². The van der Waals surface area contributed by atoms with Gasteiger partial charge in [0.05, 0.1) is 10.8 Å². The zero-order valence-corrected chi connectivity index (χ0v) is 21.4. The second kappa shape index (κ2) is 8.14. The number of carbonyl (C=O) groups is 2. The Hall–Kier alpha value is -0.823. The molecular weight excluding hydrogens is 411 g/mol. The minimum absolute atomic E-state index is 0. The fourth-order valence-corrected chi connectivity index (χ4v) is 11.0. The molecule has 1 saturated heterocycles. The Balaban J connectivity index is 0.00000245. The van der Waals surface area contributed by atoms with Crippen LogP contribution >= 0.6 is 0 Å². The van der Waals surface area contributed by atoms with E-state index in [1.54, 1.807) is 0 Å². The third-order valence-corrected chi connectivity index (χ3v) is 12.1. The summed E-state index contributed by atoms with van der Waals surface area (Å²) in [5.41, 5.74) is 0.732. The van der Waals surface area contributed by atoms with Crippen LogP contribution in [0.15, 0.2) is 24.3 Å². The van der Waals surface area contributed by atoms with E-state index in [1.807, 2.05) is 32.9 Å². The molecule has 0 N–H and O–H groups in total. The summed E-state index contributed by atoms with van der Waals surface area (Å²) >= 11 is 0. The van der Waals surface area contributed by atoms with Crippen molar-refractivity contribution < 1.29 is 33.2 Å². The summed E-state index contributed by atoms with van der Waals surface area (Å²) < 4.78 is 5.54. The number of ketones is 1. The minimum atomic E-state index is -0.512. The molecule has 1 aromatic carbocycles. The number of ether oxygens (including phenoxy) is 1. The first kappa shape index (κ1) is 24.3. The SMILES string of the molecule is CC(C)(C)C(=O)Oc1ccc([CH-][S+]2C3CCC(C3)C2[C@@]23CC[C@@H](CC2=O)C3(C)C)cc1.[Li+]. The van der Waals surface area contributed by atoms with Crippen LogP contribution in [-0.4, -0.2) is 22.3 Å². The van der Waals surface area contributed by atoms with Gasteiger partial charge >= 0.3 is 24.8 Å². The van der Waals surface area contributed by atoms with E-state index in [2.05, 4.69) is 31.7 Å². The van der Waals surface area contributed by atoms with Crippen LogP contribution < -0.4 is 23.6 Å². The molecule has 5 rings (SSSR count). The first-order valence-electron chi connectivity index (χ1n) is 12.0. The van der Waals surface area contributed by atoms with Crippen molar-refractivity contribution in [3.05, 3.63) is 35.6 Å². The van der Waals surface area contributed by atoms with Gasteiger partial charge in [-0.1, -0.05) is 26.0 Å². The molecule has 0 amide bonds. The molecule has 0 radical (unpaired) electrons. The second-order valence-electron chi connectivity index (χ2n) is 11.9. The fourth-order valence-electron chi connectivity index (χ4n) is 7.14. The predicted octanol–water partition coefficient (Wildman–Crippen LogP) is 2.72. The smallest absolute Gasteiger partial charge is 0.428 e. The Bertz CT molecular complexity index is 902. The maximum absolute atomic E-state index is 13.4. The molecule has 4 unspecified atom stereocenters. The molecule has 32 heavy (non-hydrogen) atoms. The van der Waals surface area contributed by atoms with Crippen LogP contribution in [0.5, 0.6) is 5.75 Å². The van der Waals surface area contributed by atoms with Crippen molar-refractivity contribution in [2.24, 2.45) is 28.1 Å². The van der Waals surface area contributed by atoms with Crippen molar-refractivity contribution in [1.82, 2.24) is 0 Å². The van der Waals surface area contributed by atoms with Gasteiger partial charge < -0.3 is 4.74 Å². The topological polar surface area (TPSA) is 43.4 Å². The molecule has 4 bridgehead atoms. The molecule has 3 aliphatic carbocycles. The molecule has 5 heteroatoms. The summed E-state index contributed by atoms with van der Waals surface area (Å²) in [6, 6.07) is 7.99. The fraction of sp³-hybridized carbons (Fsp3) is 0.667. The van der Waals surface area contributed by atoms with Gasteiger partial charge in [-0.05, 0) is 68.7 Å². The van der Waals surface area contributed by atoms with E-state index in [-0.39, 0.29) is 46.6 Å². The van der Waals surface area contributed by atoms with Crippen molar-refractivity contribution in [2.75, 3.05) is 0 Å². The van der Waals surface area contributed by atoms with E-state index >= 15 is 0 Å². The Morgan fingerprint density at radius 2 is 1.81 bits per heavy atom. The average Bonchev–Trinajstić information content (AvgIpc) is 3.40. The van der Waals surface area contributed by atoms with E-state index < -0.39 is 5.41 Å². The van der Waals surface area contributed by atoms with Gasteiger partial charge in [-0.3, -0.25) is 9.59 Å². The molecule has 4 fully saturated rings. The number of hydrogen-bond acceptors (Lipinski definition) is 3.